The summed E-state index contributed by atoms with van der Waals surface area (Å²) in [5.74, 6) is 3.07. The largest absolute Gasteiger partial charge is 0.469 e. The van der Waals surface area contributed by atoms with Gasteiger partial charge in [0.2, 0.25) is 0 Å². The van der Waals surface area contributed by atoms with Gasteiger partial charge < -0.3 is 14.9 Å². The van der Waals surface area contributed by atoms with Crippen LogP contribution in [0.2, 0.25) is 0 Å². The third kappa shape index (κ3) is 3.45. The first-order chi connectivity index (χ1) is 14.1. The van der Waals surface area contributed by atoms with Crippen LogP contribution in [0.3, 0.4) is 0 Å². The summed E-state index contributed by atoms with van der Waals surface area (Å²) in [5.41, 5.74) is 0.558. The van der Waals surface area contributed by atoms with E-state index in [1.807, 2.05) is 6.92 Å². The molecule has 0 aromatic rings. The van der Waals surface area contributed by atoms with E-state index in [0.29, 0.717) is 35.5 Å². The first-order valence-corrected chi connectivity index (χ1v) is 12.6. The first-order valence-electron chi connectivity index (χ1n) is 12.6. The van der Waals surface area contributed by atoms with Gasteiger partial charge in [-0.25, -0.2) is 0 Å². The maximum atomic E-state index is 12.0. The quantitative estimate of drug-likeness (QED) is 0.640. The Kier molecular flexibility index (Phi) is 6.07. The molecule has 0 aromatic heterocycles. The summed E-state index contributed by atoms with van der Waals surface area (Å²) in [6.07, 6.45) is 9.22. The van der Waals surface area contributed by atoms with Gasteiger partial charge in [0.15, 0.2) is 0 Å². The number of aliphatic hydroxyl groups is 2. The van der Waals surface area contributed by atoms with Gasteiger partial charge in [-0.1, -0.05) is 27.7 Å². The lowest BCUT2D eigenvalue weighted by molar-refractivity contribution is -0.174. The number of rotatable bonds is 4. The number of fused-ring (bicyclic) bond motifs is 5. The van der Waals surface area contributed by atoms with Gasteiger partial charge in [-0.2, -0.15) is 0 Å². The molecule has 0 saturated heterocycles. The molecule has 4 fully saturated rings. The van der Waals surface area contributed by atoms with Crippen molar-refractivity contribution in [1.29, 1.82) is 0 Å². The van der Waals surface area contributed by atoms with E-state index in [-0.39, 0.29) is 34.9 Å². The fraction of sp³-hybridized carbons (Fsp3) is 0.962. The van der Waals surface area contributed by atoms with Crippen LogP contribution >= 0.6 is 0 Å². The highest BCUT2D eigenvalue weighted by molar-refractivity contribution is 5.71. The van der Waals surface area contributed by atoms with Crippen LogP contribution in [0.4, 0.5) is 0 Å². The van der Waals surface area contributed by atoms with E-state index in [2.05, 4.69) is 20.8 Å². The lowest BCUT2D eigenvalue weighted by Gasteiger charge is -2.62. The molecule has 1 unspecified atom stereocenters. The van der Waals surface area contributed by atoms with Crippen molar-refractivity contribution in [3.8, 4) is 0 Å². The van der Waals surface area contributed by atoms with E-state index in [1.54, 1.807) is 0 Å². The monoisotopic (exact) mass is 420 g/mol. The molecule has 172 valence electrons. The van der Waals surface area contributed by atoms with Crippen LogP contribution in [0.15, 0.2) is 0 Å². The zero-order chi connectivity index (χ0) is 21.8. The minimum Gasteiger partial charge on any atom is -0.469 e. The molecular formula is C26H44O4. The minimum atomic E-state index is -0.217. The SMILES string of the molecule is COC(=O)C(C)C[C@@H](C)[C@H]1CC[C@H]2[C@@H]3[C@H](O)C[C@@H]4C[C@H](O)CC[C@]4(C)[C@H]3CC[C@]12C. The topological polar surface area (TPSA) is 66.8 Å². The second-order valence-electron chi connectivity index (χ2n) is 12.1. The molecule has 0 bridgehead atoms. The number of carbonyl (C=O) groups is 1. The number of ether oxygens (including phenoxy) is 1. The molecule has 0 heterocycles. The lowest BCUT2D eigenvalue weighted by Crippen LogP contribution is -2.58. The third-order valence-corrected chi connectivity index (χ3v) is 10.7. The number of methoxy groups -OCH3 is 1. The Morgan fingerprint density at radius 3 is 2.37 bits per heavy atom. The Hall–Kier alpha value is -0.610. The molecule has 4 heteroatoms. The zero-order valence-electron chi connectivity index (χ0n) is 19.8. The van der Waals surface area contributed by atoms with E-state index in [1.165, 1.54) is 32.8 Å². The second kappa shape index (κ2) is 8.06. The van der Waals surface area contributed by atoms with Crippen molar-refractivity contribution in [2.24, 2.45) is 52.3 Å². The van der Waals surface area contributed by atoms with Gasteiger partial charge in [0.25, 0.3) is 0 Å². The van der Waals surface area contributed by atoms with Crippen molar-refractivity contribution >= 4 is 5.97 Å². The fourth-order valence-electron chi connectivity index (χ4n) is 9.19. The summed E-state index contributed by atoms with van der Waals surface area (Å²) in [5, 5.41) is 21.6. The van der Waals surface area contributed by atoms with Gasteiger partial charge in [-0.15, -0.1) is 0 Å². The van der Waals surface area contributed by atoms with Gasteiger partial charge in [0, 0.05) is 0 Å². The van der Waals surface area contributed by atoms with Crippen molar-refractivity contribution < 1.29 is 19.7 Å². The van der Waals surface area contributed by atoms with Crippen molar-refractivity contribution in [2.45, 2.75) is 97.7 Å². The molecule has 30 heavy (non-hydrogen) atoms. The predicted molar refractivity (Wildman–Crippen MR) is 118 cm³/mol. The van der Waals surface area contributed by atoms with E-state index in [4.69, 9.17) is 4.74 Å². The van der Waals surface area contributed by atoms with Crippen LogP contribution in [0.5, 0.6) is 0 Å². The van der Waals surface area contributed by atoms with Gasteiger partial charge in [-0.05, 0) is 104 Å². The molecule has 0 aromatic carbocycles. The number of hydrogen-bond donors (Lipinski definition) is 2. The third-order valence-electron chi connectivity index (χ3n) is 10.7. The van der Waals surface area contributed by atoms with E-state index in [9.17, 15) is 15.0 Å². The van der Waals surface area contributed by atoms with Crippen LogP contribution < -0.4 is 0 Å². The normalized spacial score (nSPS) is 50.0. The maximum Gasteiger partial charge on any atom is 0.308 e. The van der Waals surface area contributed by atoms with Crippen LogP contribution in [-0.2, 0) is 9.53 Å². The Morgan fingerprint density at radius 1 is 1.00 bits per heavy atom. The molecule has 4 aliphatic rings. The fourth-order valence-corrected chi connectivity index (χ4v) is 9.19. The molecule has 0 aliphatic heterocycles. The Morgan fingerprint density at radius 2 is 1.67 bits per heavy atom. The standard InChI is InChI=1S/C26H44O4/c1-15(12-16(2)24(29)30-5)19-6-7-20-23-21(9-11-26(19,20)4)25(3)10-8-18(27)13-17(25)14-22(23)28/h15-23,27-28H,6-14H2,1-5H3/t15-,16?,17+,18-,19-,20+,21+,22-,23+,25+,26-/m1/s1. The Balaban J connectivity index is 1.53. The molecule has 2 N–H and O–H groups in total. The van der Waals surface area contributed by atoms with Gasteiger partial charge in [-0.3, -0.25) is 4.79 Å². The van der Waals surface area contributed by atoms with Crippen molar-refractivity contribution in [3.05, 3.63) is 0 Å². The summed E-state index contributed by atoms with van der Waals surface area (Å²) in [6, 6.07) is 0. The zero-order valence-corrected chi connectivity index (χ0v) is 19.8. The molecule has 4 rings (SSSR count). The van der Waals surface area contributed by atoms with Gasteiger partial charge >= 0.3 is 5.97 Å². The average molecular weight is 421 g/mol. The van der Waals surface area contributed by atoms with E-state index in [0.717, 1.165) is 32.1 Å². The average Bonchev–Trinajstić information content (AvgIpc) is 3.05. The molecule has 0 radical (unpaired) electrons. The lowest BCUT2D eigenvalue weighted by atomic mass is 9.43. The molecular weight excluding hydrogens is 376 g/mol. The van der Waals surface area contributed by atoms with Crippen LogP contribution in [0.25, 0.3) is 0 Å². The smallest absolute Gasteiger partial charge is 0.308 e. The number of aliphatic hydroxyl groups excluding tert-OH is 2. The van der Waals surface area contributed by atoms with Crippen molar-refractivity contribution in [1.82, 2.24) is 0 Å². The highest BCUT2D eigenvalue weighted by Crippen LogP contribution is 2.68. The highest BCUT2D eigenvalue weighted by atomic mass is 16.5. The number of hydrogen-bond acceptors (Lipinski definition) is 4. The predicted octanol–water partition coefficient (Wildman–Crippen LogP) is 4.81. The van der Waals surface area contributed by atoms with E-state index < -0.39 is 0 Å². The van der Waals surface area contributed by atoms with Gasteiger partial charge in [0.1, 0.15) is 0 Å². The highest BCUT2D eigenvalue weighted by Gasteiger charge is 2.62. The Labute approximate surface area is 183 Å². The molecule has 4 saturated carbocycles. The summed E-state index contributed by atoms with van der Waals surface area (Å²) in [7, 11) is 1.49. The van der Waals surface area contributed by atoms with Crippen LogP contribution in [0, 0.1) is 52.3 Å². The second-order valence-corrected chi connectivity index (χ2v) is 12.1. The van der Waals surface area contributed by atoms with Crippen molar-refractivity contribution in [3.63, 3.8) is 0 Å². The Bertz CT molecular complexity index is 649. The number of carbonyl (C=O) groups excluding carboxylic acids is 1. The first kappa shape index (κ1) is 22.6. The van der Waals surface area contributed by atoms with Crippen LogP contribution in [0.1, 0.15) is 85.5 Å². The molecule has 4 nitrogen and oxygen atoms in total. The van der Waals surface area contributed by atoms with Crippen LogP contribution in [-0.4, -0.2) is 35.5 Å². The summed E-state index contributed by atoms with van der Waals surface area (Å²) >= 11 is 0. The van der Waals surface area contributed by atoms with Gasteiger partial charge in [0.05, 0.1) is 25.2 Å². The number of esters is 1. The maximum absolute atomic E-state index is 12.0. The molecule has 4 aliphatic carbocycles. The molecule has 11 atom stereocenters. The summed E-state index contributed by atoms with van der Waals surface area (Å²) in [4.78, 5) is 12.0. The molecule has 0 spiro atoms. The summed E-state index contributed by atoms with van der Waals surface area (Å²) in [6.45, 7) is 9.30. The van der Waals surface area contributed by atoms with E-state index >= 15 is 0 Å². The summed E-state index contributed by atoms with van der Waals surface area (Å²) < 4.78 is 4.97. The van der Waals surface area contributed by atoms with Crippen molar-refractivity contribution in [2.75, 3.05) is 7.11 Å². The molecule has 0 amide bonds. The minimum absolute atomic E-state index is 0.0439.